The lowest BCUT2D eigenvalue weighted by molar-refractivity contribution is -0.167. The van der Waals surface area contributed by atoms with Gasteiger partial charge in [-0.3, -0.25) is 4.79 Å². The standard InChI is InChI=1S/C17H9ClF3NO3/c18-12-6-5-9(8-13(12)22-16(24)17(19,20)21)11-7-10-3-1-2-4-14(10)25-15(11)23/h1-8H,(H,22,24). The highest BCUT2D eigenvalue weighted by Crippen LogP contribution is 2.30. The molecule has 0 spiro atoms. The molecule has 2 aromatic carbocycles. The van der Waals surface area contributed by atoms with Crippen molar-refractivity contribution >= 4 is 34.2 Å². The average molecular weight is 368 g/mol. The number of carbonyl (C=O) groups is 1. The van der Waals surface area contributed by atoms with E-state index >= 15 is 0 Å². The number of hydrogen-bond acceptors (Lipinski definition) is 3. The molecule has 1 heterocycles. The molecule has 0 atom stereocenters. The second-order valence-electron chi connectivity index (χ2n) is 5.13. The van der Waals surface area contributed by atoms with Gasteiger partial charge in [0.15, 0.2) is 0 Å². The van der Waals surface area contributed by atoms with Gasteiger partial charge >= 0.3 is 17.7 Å². The lowest BCUT2D eigenvalue weighted by Crippen LogP contribution is -2.30. The molecule has 1 N–H and O–H groups in total. The van der Waals surface area contributed by atoms with E-state index < -0.39 is 17.7 Å². The molecule has 0 aliphatic carbocycles. The zero-order chi connectivity index (χ0) is 18.2. The predicted molar refractivity (Wildman–Crippen MR) is 87.6 cm³/mol. The smallest absolute Gasteiger partial charge is 0.422 e. The van der Waals surface area contributed by atoms with Crippen molar-refractivity contribution in [3.05, 3.63) is 64.0 Å². The molecule has 0 saturated heterocycles. The summed E-state index contributed by atoms with van der Waals surface area (Å²) in [4.78, 5) is 23.2. The molecule has 0 fully saturated rings. The number of amides is 1. The summed E-state index contributed by atoms with van der Waals surface area (Å²) in [5.41, 5.74) is -0.127. The van der Waals surface area contributed by atoms with Gasteiger partial charge in [-0.05, 0) is 29.8 Å². The number of alkyl halides is 3. The van der Waals surface area contributed by atoms with Gasteiger partial charge in [0.1, 0.15) is 5.58 Å². The van der Waals surface area contributed by atoms with Crippen LogP contribution in [0.2, 0.25) is 5.02 Å². The first-order valence-electron chi connectivity index (χ1n) is 6.97. The Balaban J connectivity index is 2.07. The number of rotatable bonds is 2. The first-order chi connectivity index (χ1) is 11.8. The topological polar surface area (TPSA) is 59.3 Å². The predicted octanol–water partition coefficient (Wildman–Crippen LogP) is 4.61. The summed E-state index contributed by atoms with van der Waals surface area (Å²) in [6.07, 6.45) is -5.05. The number of anilines is 1. The number of halogens is 4. The van der Waals surface area contributed by atoms with Crippen LogP contribution in [0.1, 0.15) is 0 Å². The quantitative estimate of drug-likeness (QED) is 0.673. The van der Waals surface area contributed by atoms with Gasteiger partial charge in [0, 0.05) is 5.39 Å². The maximum atomic E-state index is 12.4. The number of hydrogen-bond donors (Lipinski definition) is 1. The number of benzene rings is 2. The summed E-state index contributed by atoms with van der Waals surface area (Å²) in [5, 5.41) is 2.24. The Bertz CT molecular complexity index is 1030. The molecule has 0 unspecified atom stereocenters. The summed E-state index contributed by atoms with van der Waals surface area (Å²) in [6, 6.07) is 12.3. The molecule has 1 aromatic heterocycles. The van der Waals surface area contributed by atoms with E-state index in [1.807, 2.05) is 0 Å². The van der Waals surface area contributed by atoms with E-state index in [-0.39, 0.29) is 21.8 Å². The molecule has 3 aromatic rings. The minimum atomic E-state index is -5.05. The van der Waals surface area contributed by atoms with Gasteiger partial charge in [0.05, 0.1) is 16.3 Å². The van der Waals surface area contributed by atoms with Gasteiger partial charge in [-0.1, -0.05) is 35.9 Å². The molecule has 0 aliphatic heterocycles. The van der Waals surface area contributed by atoms with Crippen molar-refractivity contribution < 1.29 is 22.4 Å². The number of para-hydroxylation sites is 1. The molecule has 0 radical (unpaired) electrons. The first kappa shape index (κ1) is 17.0. The maximum absolute atomic E-state index is 12.4. The molecule has 0 aliphatic rings. The molecule has 25 heavy (non-hydrogen) atoms. The molecule has 128 valence electrons. The third-order valence-corrected chi connectivity index (χ3v) is 3.75. The van der Waals surface area contributed by atoms with Crippen LogP contribution in [0, 0.1) is 0 Å². The van der Waals surface area contributed by atoms with Crippen molar-refractivity contribution in [2.24, 2.45) is 0 Å². The van der Waals surface area contributed by atoms with Gasteiger partial charge in [-0.2, -0.15) is 13.2 Å². The monoisotopic (exact) mass is 367 g/mol. The van der Waals surface area contributed by atoms with Crippen molar-refractivity contribution in [2.45, 2.75) is 6.18 Å². The summed E-state index contributed by atoms with van der Waals surface area (Å²) >= 11 is 5.83. The number of carbonyl (C=O) groups excluding carboxylic acids is 1. The van der Waals surface area contributed by atoms with Crippen LogP contribution in [0.5, 0.6) is 0 Å². The van der Waals surface area contributed by atoms with Crippen molar-refractivity contribution in [2.75, 3.05) is 5.32 Å². The van der Waals surface area contributed by atoms with E-state index in [1.165, 1.54) is 18.2 Å². The molecular formula is C17H9ClF3NO3. The molecule has 1 amide bonds. The van der Waals surface area contributed by atoms with Crippen LogP contribution in [0.4, 0.5) is 18.9 Å². The normalized spacial score (nSPS) is 11.5. The first-order valence-corrected chi connectivity index (χ1v) is 7.34. The molecule has 3 rings (SSSR count). The van der Waals surface area contributed by atoms with Crippen molar-refractivity contribution in [3.63, 3.8) is 0 Å². The Labute approximate surface area is 143 Å². The van der Waals surface area contributed by atoms with Crippen molar-refractivity contribution in [1.82, 2.24) is 0 Å². The van der Waals surface area contributed by atoms with E-state index in [4.69, 9.17) is 16.0 Å². The fraction of sp³-hybridized carbons (Fsp3) is 0.0588. The highest BCUT2D eigenvalue weighted by Gasteiger charge is 2.39. The fourth-order valence-corrected chi connectivity index (χ4v) is 2.41. The van der Waals surface area contributed by atoms with E-state index in [1.54, 1.807) is 35.6 Å². The molecule has 4 nitrogen and oxygen atoms in total. The number of fused-ring (bicyclic) bond motifs is 1. The van der Waals surface area contributed by atoms with Gasteiger partial charge in [-0.25, -0.2) is 4.79 Å². The minimum absolute atomic E-state index is 0.0912. The molecular weight excluding hydrogens is 359 g/mol. The van der Waals surface area contributed by atoms with Crippen LogP contribution in [0.3, 0.4) is 0 Å². The largest absolute Gasteiger partial charge is 0.471 e. The van der Waals surface area contributed by atoms with E-state index in [2.05, 4.69) is 0 Å². The Morgan fingerprint density at radius 2 is 1.80 bits per heavy atom. The highest BCUT2D eigenvalue weighted by molar-refractivity contribution is 6.33. The van der Waals surface area contributed by atoms with Crippen molar-refractivity contribution in [3.8, 4) is 11.1 Å². The van der Waals surface area contributed by atoms with Crippen LogP contribution in [-0.2, 0) is 4.79 Å². The summed E-state index contributed by atoms with van der Waals surface area (Å²) < 4.78 is 42.4. The van der Waals surface area contributed by atoms with E-state index in [0.29, 0.717) is 11.0 Å². The molecule has 0 bridgehead atoms. The van der Waals surface area contributed by atoms with Gasteiger partial charge < -0.3 is 9.73 Å². The average Bonchev–Trinajstić information content (AvgIpc) is 2.55. The lowest BCUT2D eigenvalue weighted by Gasteiger charge is -2.11. The van der Waals surface area contributed by atoms with Gasteiger partial charge in [0.25, 0.3) is 0 Å². The van der Waals surface area contributed by atoms with Crippen molar-refractivity contribution in [1.29, 1.82) is 0 Å². The SMILES string of the molecule is O=C(Nc1cc(-c2cc3ccccc3oc2=O)ccc1Cl)C(F)(F)F. The Morgan fingerprint density at radius 3 is 2.52 bits per heavy atom. The van der Waals surface area contributed by atoms with Crippen LogP contribution in [0.15, 0.2) is 57.7 Å². The third kappa shape index (κ3) is 3.51. The van der Waals surface area contributed by atoms with Gasteiger partial charge in [0.2, 0.25) is 0 Å². The van der Waals surface area contributed by atoms with Crippen LogP contribution < -0.4 is 10.9 Å². The van der Waals surface area contributed by atoms with Crippen LogP contribution in [0.25, 0.3) is 22.1 Å². The zero-order valence-electron chi connectivity index (χ0n) is 12.4. The van der Waals surface area contributed by atoms with E-state index in [0.717, 1.165) is 0 Å². The lowest BCUT2D eigenvalue weighted by atomic mass is 10.1. The minimum Gasteiger partial charge on any atom is -0.422 e. The Hall–Kier alpha value is -2.80. The fourth-order valence-electron chi connectivity index (χ4n) is 2.24. The molecule has 0 saturated carbocycles. The second kappa shape index (κ2) is 6.25. The van der Waals surface area contributed by atoms with Gasteiger partial charge in [-0.15, -0.1) is 0 Å². The second-order valence-corrected chi connectivity index (χ2v) is 5.54. The maximum Gasteiger partial charge on any atom is 0.471 e. The number of nitrogens with one attached hydrogen (secondary N) is 1. The Kier molecular flexibility index (Phi) is 4.26. The summed E-state index contributed by atoms with van der Waals surface area (Å²) in [7, 11) is 0. The zero-order valence-corrected chi connectivity index (χ0v) is 13.1. The van der Waals surface area contributed by atoms with Crippen LogP contribution in [-0.4, -0.2) is 12.1 Å². The van der Waals surface area contributed by atoms with Crippen LogP contribution >= 0.6 is 11.6 Å². The Morgan fingerprint density at radius 1 is 1.08 bits per heavy atom. The van der Waals surface area contributed by atoms with E-state index in [9.17, 15) is 22.8 Å². The summed E-state index contributed by atoms with van der Waals surface area (Å²) in [6.45, 7) is 0. The third-order valence-electron chi connectivity index (χ3n) is 3.42. The summed E-state index contributed by atoms with van der Waals surface area (Å²) in [5.74, 6) is -2.16. The highest BCUT2D eigenvalue weighted by atomic mass is 35.5. The molecule has 8 heteroatoms.